The second-order valence-corrected chi connectivity index (χ2v) is 6.57. The zero-order valence-electron chi connectivity index (χ0n) is 14.0. The third kappa shape index (κ3) is 4.44. The zero-order chi connectivity index (χ0) is 17.5. The van der Waals surface area contributed by atoms with Crippen molar-refractivity contribution < 1.29 is 19.1 Å². The number of hydrogen-bond acceptors (Lipinski definition) is 5. The molecule has 1 aromatic carbocycles. The normalized spacial score (nSPS) is 17.1. The lowest BCUT2D eigenvalue weighted by atomic mass is 9.95. The summed E-state index contributed by atoms with van der Waals surface area (Å²) in [6.45, 7) is 4.09. The van der Waals surface area contributed by atoms with Gasteiger partial charge >= 0.3 is 12.0 Å². The van der Waals surface area contributed by atoms with Crippen LogP contribution in [0.1, 0.15) is 25.5 Å². The minimum Gasteiger partial charge on any atom is -0.497 e. The molecule has 6 nitrogen and oxygen atoms in total. The van der Waals surface area contributed by atoms with E-state index in [4.69, 9.17) is 9.47 Å². The van der Waals surface area contributed by atoms with Crippen LogP contribution in [-0.4, -0.2) is 37.2 Å². The summed E-state index contributed by atoms with van der Waals surface area (Å²) in [6.07, 6.45) is 0. The van der Waals surface area contributed by atoms with Gasteiger partial charge in [0.2, 0.25) is 0 Å². The van der Waals surface area contributed by atoms with Gasteiger partial charge in [0, 0.05) is 11.4 Å². The molecule has 24 heavy (non-hydrogen) atoms. The van der Waals surface area contributed by atoms with Crippen LogP contribution in [0.25, 0.3) is 0 Å². The third-order valence-corrected chi connectivity index (χ3v) is 4.44. The van der Waals surface area contributed by atoms with E-state index in [-0.39, 0.29) is 6.03 Å². The first-order valence-corrected chi connectivity index (χ1v) is 8.89. The number of carbonyl (C=O) groups is 2. The molecule has 0 saturated heterocycles. The molecule has 7 heteroatoms. The van der Waals surface area contributed by atoms with Gasteiger partial charge in [0.05, 0.1) is 18.7 Å². The molecule has 0 aliphatic carbocycles. The van der Waals surface area contributed by atoms with Crippen molar-refractivity contribution in [1.82, 2.24) is 10.6 Å². The monoisotopic (exact) mass is 350 g/mol. The smallest absolute Gasteiger partial charge is 0.338 e. The number of nitrogens with one attached hydrogen (secondary N) is 2. The lowest BCUT2D eigenvalue weighted by molar-refractivity contribution is -0.138. The van der Waals surface area contributed by atoms with Gasteiger partial charge < -0.3 is 20.1 Å². The highest BCUT2D eigenvalue weighted by Crippen LogP contribution is 2.29. The molecule has 0 saturated carbocycles. The molecule has 130 valence electrons. The summed E-state index contributed by atoms with van der Waals surface area (Å²) < 4.78 is 10.6. The number of ether oxygens (including phenoxy) is 2. The predicted molar refractivity (Wildman–Crippen MR) is 94.1 cm³/mol. The number of methoxy groups -OCH3 is 1. The van der Waals surface area contributed by atoms with Gasteiger partial charge in [0.15, 0.2) is 0 Å². The first-order chi connectivity index (χ1) is 11.6. The highest BCUT2D eigenvalue weighted by atomic mass is 32.2. The van der Waals surface area contributed by atoms with Crippen LogP contribution in [0.3, 0.4) is 0 Å². The average molecular weight is 350 g/mol. The molecule has 1 heterocycles. The Bertz CT molecular complexity index is 645. The number of thioether (sulfide) groups is 1. The first-order valence-electron chi connectivity index (χ1n) is 7.74. The topological polar surface area (TPSA) is 76.7 Å². The Balaban J connectivity index is 2.24. The van der Waals surface area contributed by atoms with E-state index in [1.807, 2.05) is 18.2 Å². The maximum atomic E-state index is 12.5. The van der Waals surface area contributed by atoms with Crippen molar-refractivity contribution in [2.24, 2.45) is 0 Å². The van der Waals surface area contributed by atoms with E-state index in [1.165, 1.54) is 0 Å². The molecule has 0 bridgehead atoms. The number of hydrogen-bond donors (Lipinski definition) is 2. The minimum absolute atomic E-state index is 0.340. The van der Waals surface area contributed by atoms with E-state index < -0.39 is 12.0 Å². The molecule has 2 amide bonds. The minimum atomic E-state index is -0.569. The number of urea groups is 1. The molecule has 1 aromatic rings. The molecular weight excluding hydrogens is 328 g/mol. The van der Waals surface area contributed by atoms with Crippen LogP contribution in [-0.2, 0) is 9.53 Å². The summed E-state index contributed by atoms with van der Waals surface area (Å²) in [4.78, 5) is 24.3. The van der Waals surface area contributed by atoms with Crippen molar-refractivity contribution in [3.63, 3.8) is 0 Å². The summed E-state index contributed by atoms with van der Waals surface area (Å²) >= 11 is 1.70. The quantitative estimate of drug-likeness (QED) is 0.584. The zero-order valence-corrected chi connectivity index (χ0v) is 14.9. The molecule has 0 radical (unpaired) electrons. The van der Waals surface area contributed by atoms with Crippen LogP contribution in [0.5, 0.6) is 5.75 Å². The van der Waals surface area contributed by atoms with Crippen LogP contribution in [0.15, 0.2) is 35.5 Å². The number of benzene rings is 1. The van der Waals surface area contributed by atoms with Crippen LogP contribution in [0, 0.1) is 0 Å². The SMILES string of the molecule is CCSCCOC(=O)C1=C(C)NC(=O)NC1c1cccc(OC)c1. The van der Waals surface area contributed by atoms with Gasteiger partial charge in [-0.25, -0.2) is 9.59 Å². The van der Waals surface area contributed by atoms with Crippen molar-refractivity contribution >= 4 is 23.8 Å². The Kier molecular flexibility index (Phi) is 6.54. The molecule has 2 rings (SSSR count). The van der Waals surface area contributed by atoms with Crippen molar-refractivity contribution in [3.05, 3.63) is 41.1 Å². The molecule has 1 unspecified atom stereocenters. The van der Waals surface area contributed by atoms with Gasteiger partial charge in [0.1, 0.15) is 12.4 Å². The predicted octanol–water partition coefficient (Wildman–Crippen LogP) is 2.62. The number of carbonyl (C=O) groups excluding carboxylic acids is 2. The summed E-state index contributed by atoms with van der Waals surface area (Å²) in [5.74, 6) is 1.95. The fourth-order valence-electron chi connectivity index (χ4n) is 2.45. The Labute approximate surface area is 146 Å². The highest BCUT2D eigenvalue weighted by Gasteiger charge is 2.32. The molecular formula is C17H22N2O4S. The Morgan fingerprint density at radius 2 is 2.17 bits per heavy atom. The number of allylic oxidation sites excluding steroid dienone is 1. The molecule has 2 N–H and O–H groups in total. The molecule has 1 atom stereocenters. The first kappa shape index (κ1) is 18.2. The molecule has 1 aliphatic rings. The fraction of sp³-hybridized carbons (Fsp3) is 0.412. The molecule has 0 fully saturated rings. The Morgan fingerprint density at radius 1 is 1.38 bits per heavy atom. The van der Waals surface area contributed by atoms with Crippen LogP contribution in [0.4, 0.5) is 4.79 Å². The van der Waals surface area contributed by atoms with Gasteiger partial charge in [-0.05, 0) is 30.4 Å². The number of esters is 1. The van der Waals surface area contributed by atoms with Gasteiger partial charge in [0.25, 0.3) is 0 Å². The second-order valence-electron chi connectivity index (χ2n) is 5.18. The Hall–Kier alpha value is -2.15. The van der Waals surface area contributed by atoms with Crippen LogP contribution in [0.2, 0.25) is 0 Å². The third-order valence-electron chi connectivity index (χ3n) is 3.58. The Morgan fingerprint density at radius 3 is 2.88 bits per heavy atom. The largest absolute Gasteiger partial charge is 0.497 e. The summed E-state index contributed by atoms with van der Waals surface area (Å²) in [5.41, 5.74) is 1.67. The van der Waals surface area contributed by atoms with Crippen molar-refractivity contribution in [1.29, 1.82) is 0 Å². The maximum Gasteiger partial charge on any atom is 0.338 e. The second kappa shape index (κ2) is 8.63. The van der Waals surface area contributed by atoms with E-state index in [0.717, 1.165) is 17.1 Å². The van der Waals surface area contributed by atoms with Gasteiger partial charge in [-0.2, -0.15) is 11.8 Å². The van der Waals surface area contributed by atoms with Crippen LogP contribution >= 0.6 is 11.8 Å². The molecule has 0 spiro atoms. The number of rotatable bonds is 7. The van der Waals surface area contributed by atoms with E-state index in [1.54, 1.807) is 31.9 Å². The summed E-state index contributed by atoms with van der Waals surface area (Å²) in [7, 11) is 1.57. The van der Waals surface area contributed by atoms with Gasteiger partial charge in [-0.3, -0.25) is 0 Å². The number of amides is 2. The standard InChI is InChI=1S/C17H22N2O4S/c1-4-24-9-8-23-16(20)14-11(2)18-17(21)19-15(14)12-6-5-7-13(10-12)22-3/h5-7,10,15H,4,8-9H2,1-3H3,(H2,18,19,21). The maximum absolute atomic E-state index is 12.5. The van der Waals surface area contributed by atoms with Crippen molar-refractivity contribution in [2.45, 2.75) is 19.9 Å². The van der Waals surface area contributed by atoms with Gasteiger partial charge in [-0.15, -0.1) is 0 Å². The lowest BCUT2D eigenvalue weighted by Gasteiger charge is -2.28. The van der Waals surface area contributed by atoms with E-state index in [0.29, 0.717) is 23.6 Å². The fourth-order valence-corrected chi connectivity index (χ4v) is 2.94. The molecule has 0 aromatic heterocycles. The molecule has 1 aliphatic heterocycles. The van der Waals surface area contributed by atoms with E-state index in [9.17, 15) is 9.59 Å². The lowest BCUT2D eigenvalue weighted by Crippen LogP contribution is -2.45. The van der Waals surface area contributed by atoms with E-state index >= 15 is 0 Å². The van der Waals surface area contributed by atoms with Crippen LogP contribution < -0.4 is 15.4 Å². The van der Waals surface area contributed by atoms with Gasteiger partial charge in [-0.1, -0.05) is 19.1 Å². The average Bonchev–Trinajstić information content (AvgIpc) is 2.58. The highest BCUT2D eigenvalue weighted by molar-refractivity contribution is 7.99. The summed E-state index contributed by atoms with van der Waals surface area (Å²) in [6, 6.07) is 6.34. The van der Waals surface area contributed by atoms with Crippen molar-refractivity contribution in [2.75, 3.05) is 25.2 Å². The summed E-state index contributed by atoms with van der Waals surface area (Å²) in [5, 5.41) is 5.41. The van der Waals surface area contributed by atoms with E-state index in [2.05, 4.69) is 17.6 Å². The van der Waals surface area contributed by atoms with Crippen molar-refractivity contribution in [3.8, 4) is 5.75 Å².